The second-order valence-electron chi connectivity index (χ2n) is 4.56. The lowest BCUT2D eigenvalue weighted by Gasteiger charge is -2.12. The molecule has 0 unspecified atom stereocenters. The summed E-state index contributed by atoms with van der Waals surface area (Å²) in [5.41, 5.74) is 4.30. The molecule has 2 aromatic rings. The van der Waals surface area contributed by atoms with Crippen molar-refractivity contribution < 1.29 is 9.47 Å². The zero-order chi connectivity index (χ0) is 14.5. The highest BCUT2D eigenvalue weighted by atomic mass is 16.5. The third kappa shape index (κ3) is 3.04. The predicted molar refractivity (Wildman–Crippen MR) is 79.6 cm³/mol. The summed E-state index contributed by atoms with van der Waals surface area (Å²) in [6.45, 7) is 7.32. The standard InChI is InChI=1S/C15H21N3O2/c1-5-20-15-8-12(6-7-14(15)19-4)16-9-13-10(2)17-18-11(13)3/h6-8,16H,5,9H2,1-4H3,(H,17,18). The molecule has 2 rings (SSSR count). The Bertz CT molecular complexity index is 559. The zero-order valence-corrected chi connectivity index (χ0v) is 12.4. The van der Waals surface area contributed by atoms with E-state index in [9.17, 15) is 0 Å². The van der Waals surface area contributed by atoms with E-state index in [0.717, 1.165) is 35.1 Å². The summed E-state index contributed by atoms with van der Waals surface area (Å²) in [6.07, 6.45) is 0. The molecule has 0 fully saturated rings. The van der Waals surface area contributed by atoms with Crippen LogP contribution < -0.4 is 14.8 Å². The fraction of sp³-hybridized carbons (Fsp3) is 0.400. The number of aromatic amines is 1. The van der Waals surface area contributed by atoms with Gasteiger partial charge in [-0.25, -0.2) is 0 Å². The summed E-state index contributed by atoms with van der Waals surface area (Å²) < 4.78 is 10.8. The molecule has 1 heterocycles. The van der Waals surface area contributed by atoms with Crippen molar-refractivity contribution in [2.24, 2.45) is 0 Å². The average molecular weight is 275 g/mol. The Kier molecular flexibility index (Phi) is 4.50. The van der Waals surface area contributed by atoms with Gasteiger partial charge in [0.1, 0.15) is 0 Å². The molecule has 0 radical (unpaired) electrons. The van der Waals surface area contributed by atoms with E-state index >= 15 is 0 Å². The third-order valence-corrected chi connectivity index (χ3v) is 3.21. The van der Waals surface area contributed by atoms with E-state index in [1.807, 2.05) is 39.0 Å². The monoisotopic (exact) mass is 275 g/mol. The van der Waals surface area contributed by atoms with Gasteiger partial charge in [0.05, 0.1) is 19.4 Å². The van der Waals surface area contributed by atoms with Gasteiger partial charge < -0.3 is 14.8 Å². The van der Waals surface area contributed by atoms with E-state index in [1.54, 1.807) is 7.11 Å². The maximum absolute atomic E-state index is 5.57. The van der Waals surface area contributed by atoms with Crippen molar-refractivity contribution >= 4 is 5.69 Å². The summed E-state index contributed by atoms with van der Waals surface area (Å²) in [7, 11) is 1.64. The van der Waals surface area contributed by atoms with Gasteiger partial charge in [-0.3, -0.25) is 5.10 Å². The number of hydrogen-bond acceptors (Lipinski definition) is 4. The normalized spacial score (nSPS) is 10.4. The molecule has 5 heteroatoms. The second kappa shape index (κ2) is 6.32. The summed E-state index contributed by atoms with van der Waals surface area (Å²) >= 11 is 0. The first kappa shape index (κ1) is 14.2. The largest absolute Gasteiger partial charge is 0.493 e. The van der Waals surface area contributed by atoms with Gasteiger partial charge in [-0.15, -0.1) is 0 Å². The summed E-state index contributed by atoms with van der Waals surface area (Å²) in [5, 5.41) is 10.6. The zero-order valence-electron chi connectivity index (χ0n) is 12.4. The Morgan fingerprint density at radius 1 is 1.25 bits per heavy atom. The molecule has 2 N–H and O–H groups in total. The van der Waals surface area contributed by atoms with Crippen LogP contribution >= 0.6 is 0 Å². The number of aromatic nitrogens is 2. The maximum atomic E-state index is 5.57. The molecule has 0 aliphatic rings. The van der Waals surface area contributed by atoms with Crippen LogP contribution in [0.4, 0.5) is 5.69 Å². The molecular formula is C15H21N3O2. The number of aryl methyl sites for hydroxylation is 2. The van der Waals surface area contributed by atoms with Crippen molar-refractivity contribution in [1.82, 2.24) is 10.2 Å². The van der Waals surface area contributed by atoms with E-state index in [0.29, 0.717) is 6.61 Å². The van der Waals surface area contributed by atoms with Crippen LogP contribution in [0.3, 0.4) is 0 Å². The van der Waals surface area contributed by atoms with Crippen LogP contribution in [0.25, 0.3) is 0 Å². The SMILES string of the molecule is CCOc1cc(NCc2c(C)n[nH]c2C)ccc1OC. The molecule has 0 aliphatic carbocycles. The number of methoxy groups -OCH3 is 1. The summed E-state index contributed by atoms with van der Waals surface area (Å²) in [4.78, 5) is 0. The first-order valence-corrected chi connectivity index (χ1v) is 6.70. The molecule has 0 bridgehead atoms. The van der Waals surface area contributed by atoms with Crippen LogP contribution in [0.15, 0.2) is 18.2 Å². The molecule has 0 saturated heterocycles. The van der Waals surface area contributed by atoms with Gasteiger partial charge in [-0.1, -0.05) is 0 Å². The smallest absolute Gasteiger partial charge is 0.163 e. The number of benzene rings is 1. The van der Waals surface area contributed by atoms with Crippen LogP contribution in [0.5, 0.6) is 11.5 Å². The molecule has 0 saturated carbocycles. The van der Waals surface area contributed by atoms with Crippen molar-refractivity contribution in [3.8, 4) is 11.5 Å². The minimum absolute atomic E-state index is 0.611. The van der Waals surface area contributed by atoms with E-state index in [4.69, 9.17) is 9.47 Å². The first-order chi connectivity index (χ1) is 9.65. The molecule has 20 heavy (non-hydrogen) atoms. The van der Waals surface area contributed by atoms with E-state index in [2.05, 4.69) is 15.5 Å². The Balaban J connectivity index is 2.12. The van der Waals surface area contributed by atoms with Crippen LogP contribution in [-0.2, 0) is 6.54 Å². The molecule has 0 atom stereocenters. The number of hydrogen-bond donors (Lipinski definition) is 2. The highest BCUT2D eigenvalue weighted by Crippen LogP contribution is 2.30. The minimum Gasteiger partial charge on any atom is -0.493 e. The lowest BCUT2D eigenvalue weighted by atomic mass is 10.2. The van der Waals surface area contributed by atoms with E-state index in [-0.39, 0.29) is 0 Å². The number of rotatable bonds is 6. The molecule has 1 aromatic carbocycles. The van der Waals surface area contributed by atoms with Gasteiger partial charge in [-0.05, 0) is 32.9 Å². The maximum Gasteiger partial charge on any atom is 0.163 e. The lowest BCUT2D eigenvalue weighted by molar-refractivity contribution is 0.311. The van der Waals surface area contributed by atoms with Crippen molar-refractivity contribution in [3.63, 3.8) is 0 Å². The van der Waals surface area contributed by atoms with Gasteiger partial charge in [0.2, 0.25) is 0 Å². The first-order valence-electron chi connectivity index (χ1n) is 6.70. The van der Waals surface area contributed by atoms with Crippen molar-refractivity contribution in [3.05, 3.63) is 35.2 Å². The molecule has 5 nitrogen and oxygen atoms in total. The third-order valence-electron chi connectivity index (χ3n) is 3.21. The van der Waals surface area contributed by atoms with Crippen molar-refractivity contribution in [2.45, 2.75) is 27.3 Å². The number of nitrogens with zero attached hydrogens (tertiary/aromatic N) is 1. The molecule has 1 aromatic heterocycles. The number of ether oxygens (including phenoxy) is 2. The topological polar surface area (TPSA) is 59.2 Å². The van der Waals surface area contributed by atoms with Gasteiger partial charge in [0, 0.05) is 29.6 Å². The number of anilines is 1. The lowest BCUT2D eigenvalue weighted by Crippen LogP contribution is -2.02. The highest BCUT2D eigenvalue weighted by molar-refractivity contribution is 5.55. The molecule has 108 valence electrons. The van der Waals surface area contributed by atoms with Gasteiger partial charge in [0.25, 0.3) is 0 Å². The van der Waals surface area contributed by atoms with Crippen LogP contribution in [0.2, 0.25) is 0 Å². The molecule has 0 aliphatic heterocycles. The Hall–Kier alpha value is -2.17. The van der Waals surface area contributed by atoms with Crippen LogP contribution in [-0.4, -0.2) is 23.9 Å². The Morgan fingerprint density at radius 2 is 2.05 bits per heavy atom. The Morgan fingerprint density at radius 3 is 2.65 bits per heavy atom. The summed E-state index contributed by atoms with van der Waals surface area (Å²) in [6, 6.07) is 5.83. The number of H-pyrrole nitrogens is 1. The fourth-order valence-electron chi connectivity index (χ4n) is 2.08. The van der Waals surface area contributed by atoms with E-state index < -0.39 is 0 Å². The minimum atomic E-state index is 0.611. The number of nitrogens with one attached hydrogen (secondary N) is 2. The van der Waals surface area contributed by atoms with Crippen LogP contribution in [0, 0.1) is 13.8 Å². The van der Waals surface area contributed by atoms with Crippen molar-refractivity contribution in [2.75, 3.05) is 19.0 Å². The average Bonchev–Trinajstić information content (AvgIpc) is 2.76. The van der Waals surface area contributed by atoms with Gasteiger partial charge >= 0.3 is 0 Å². The highest BCUT2D eigenvalue weighted by Gasteiger charge is 2.08. The van der Waals surface area contributed by atoms with E-state index in [1.165, 1.54) is 5.56 Å². The fourth-order valence-corrected chi connectivity index (χ4v) is 2.08. The van der Waals surface area contributed by atoms with Crippen molar-refractivity contribution in [1.29, 1.82) is 0 Å². The molecule has 0 amide bonds. The van der Waals surface area contributed by atoms with Gasteiger partial charge in [0.15, 0.2) is 11.5 Å². The molecule has 0 spiro atoms. The Labute approximate surface area is 119 Å². The summed E-state index contributed by atoms with van der Waals surface area (Å²) in [5.74, 6) is 1.49. The predicted octanol–water partition coefficient (Wildman–Crippen LogP) is 3.05. The van der Waals surface area contributed by atoms with Crippen LogP contribution in [0.1, 0.15) is 23.9 Å². The molecular weight excluding hydrogens is 254 g/mol. The van der Waals surface area contributed by atoms with Gasteiger partial charge in [-0.2, -0.15) is 5.10 Å². The second-order valence-corrected chi connectivity index (χ2v) is 4.56. The quantitative estimate of drug-likeness (QED) is 0.850.